The maximum atomic E-state index is 14.3. The van der Waals surface area contributed by atoms with Gasteiger partial charge in [-0.1, -0.05) is 18.6 Å². The van der Waals surface area contributed by atoms with Gasteiger partial charge in [0.25, 0.3) is 0 Å². The van der Waals surface area contributed by atoms with E-state index in [1.807, 2.05) is 6.07 Å². The van der Waals surface area contributed by atoms with Gasteiger partial charge in [0, 0.05) is 37.1 Å². The smallest absolute Gasteiger partial charge is 0.233 e. The molecule has 1 aromatic heterocycles. The quantitative estimate of drug-likeness (QED) is 0.875. The number of aromatic nitrogens is 1. The maximum absolute atomic E-state index is 14.3. The molecule has 25 heavy (non-hydrogen) atoms. The van der Waals surface area contributed by atoms with Crippen molar-refractivity contribution >= 4 is 5.91 Å². The van der Waals surface area contributed by atoms with E-state index >= 15 is 0 Å². The highest BCUT2D eigenvalue weighted by atomic mass is 19.1. The summed E-state index contributed by atoms with van der Waals surface area (Å²) in [6.45, 7) is 0.254. The summed E-state index contributed by atoms with van der Waals surface area (Å²) in [7, 11) is 0. The van der Waals surface area contributed by atoms with Gasteiger partial charge >= 0.3 is 0 Å². The Kier molecular flexibility index (Phi) is 5.08. The zero-order valence-corrected chi connectivity index (χ0v) is 13.8. The molecular formula is C19H20F2N2O2. The first kappa shape index (κ1) is 17.5. The van der Waals surface area contributed by atoms with Crippen molar-refractivity contribution in [3.63, 3.8) is 0 Å². The lowest BCUT2D eigenvalue weighted by Crippen LogP contribution is -2.52. The molecule has 3 rings (SSSR count). The third-order valence-corrected chi connectivity index (χ3v) is 4.82. The summed E-state index contributed by atoms with van der Waals surface area (Å²) >= 11 is 0. The van der Waals surface area contributed by atoms with Crippen LogP contribution in [0.4, 0.5) is 8.78 Å². The molecule has 0 saturated heterocycles. The minimum atomic E-state index is -0.977. The van der Waals surface area contributed by atoms with Crippen molar-refractivity contribution in [3.05, 3.63) is 65.5 Å². The molecule has 6 heteroatoms. The van der Waals surface area contributed by atoms with E-state index in [2.05, 4.69) is 4.98 Å². The van der Waals surface area contributed by atoms with Crippen molar-refractivity contribution in [1.29, 1.82) is 0 Å². The molecule has 1 aromatic carbocycles. The van der Waals surface area contributed by atoms with Crippen LogP contribution in [0.3, 0.4) is 0 Å². The third kappa shape index (κ3) is 3.39. The highest BCUT2D eigenvalue weighted by molar-refractivity contribution is 5.89. The summed E-state index contributed by atoms with van der Waals surface area (Å²) in [5.74, 6) is -1.59. The molecule has 0 bridgehead atoms. The average Bonchev–Trinajstić information content (AvgIpc) is 2.56. The topological polar surface area (TPSA) is 53.4 Å². The van der Waals surface area contributed by atoms with Gasteiger partial charge in [-0.2, -0.15) is 0 Å². The van der Waals surface area contributed by atoms with E-state index in [1.165, 1.54) is 17.0 Å². The van der Waals surface area contributed by atoms with Gasteiger partial charge in [0.1, 0.15) is 11.6 Å². The standard InChI is InChI=1S/C19H20F2N2O2/c20-15-4-5-16(17(21)11-15)19(6-2-7-19)18(25)23(9-10-24)13-14-3-1-8-22-12-14/h1,3-5,8,11-12,24H,2,6-7,9-10,13H2. The molecule has 2 aromatic rings. The second-order valence-electron chi connectivity index (χ2n) is 6.37. The number of hydrogen-bond donors (Lipinski definition) is 1. The fraction of sp³-hybridized carbons (Fsp3) is 0.368. The van der Waals surface area contributed by atoms with E-state index in [4.69, 9.17) is 0 Å². The number of carbonyl (C=O) groups excluding carboxylic acids is 1. The summed E-state index contributed by atoms with van der Waals surface area (Å²) in [5, 5.41) is 9.35. The predicted octanol–water partition coefficient (Wildman–Crippen LogP) is 2.80. The van der Waals surface area contributed by atoms with Crippen molar-refractivity contribution in [2.75, 3.05) is 13.2 Å². The SMILES string of the molecule is O=C(N(CCO)Cc1cccnc1)C1(c2ccc(F)cc2F)CCC1. The van der Waals surface area contributed by atoms with Crippen molar-refractivity contribution in [2.24, 2.45) is 0 Å². The average molecular weight is 346 g/mol. The lowest BCUT2D eigenvalue weighted by molar-refractivity contribution is -0.142. The van der Waals surface area contributed by atoms with Crippen LogP contribution < -0.4 is 0 Å². The van der Waals surface area contributed by atoms with Crippen molar-refractivity contribution < 1.29 is 18.7 Å². The number of rotatable bonds is 6. The monoisotopic (exact) mass is 346 g/mol. The number of benzene rings is 1. The Hall–Kier alpha value is -2.34. The van der Waals surface area contributed by atoms with Crippen LogP contribution in [-0.2, 0) is 16.8 Å². The molecule has 0 spiro atoms. The predicted molar refractivity (Wildman–Crippen MR) is 88.6 cm³/mol. The van der Waals surface area contributed by atoms with Crippen LogP contribution in [0.15, 0.2) is 42.7 Å². The van der Waals surface area contributed by atoms with Crippen LogP contribution >= 0.6 is 0 Å². The van der Waals surface area contributed by atoms with Gasteiger partial charge in [0.15, 0.2) is 0 Å². The minimum Gasteiger partial charge on any atom is -0.395 e. The van der Waals surface area contributed by atoms with Gasteiger partial charge in [0.2, 0.25) is 5.91 Å². The highest BCUT2D eigenvalue weighted by Gasteiger charge is 2.49. The Balaban J connectivity index is 1.91. The van der Waals surface area contributed by atoms with Crippen LogP contribution in [0.1, 0.15) is 30.4 Å². The van der Waals surface area contributed by atoms with Gasteiger partial charge in [-0.05, 0) is 30.5 Å². The van der Waals surface area contributed by atoms with E-state index in [1.54, 1.807) is 18.5 Å². The number of hydrogen-bond acceptors (Lipinski definition) is 3. The fourth-order valence-electron chi connectivity index (χ4n) is 3.39. The molecule has 0 unspecified atom stereocenters. The Morgan fingerprint density at radius 2 is 2.08 bits per heavy atom. The molecule has 1 fully saturated rings. The molecule has 0 radical (unpaired) electrons. The summed E-state index contributed by atoms with van der Waals surface area (Å²) in [4.78, 5) is 18.8. The molecule has 132 valence electrons. The number of aliphatic hydroxyl groups is 1. The molecule has 1 heterocycles. The normalized spacial score (nSPS) is 15.5. The summed E-state index contributed by atoms with van der Waals surface area (Å²) in [6.07, 6.45) is 5.14. The van der Waals surface area contributed by atoms with E-state index < -0.39 is 17.0 Å². The molecule has 1 aliphatic rings. The summed E-state index contributed by atoms with van der Waals surface area (Å²) in [5.41, 5.74) is 0.0902. The van der Waals surface area contributed by atoms with E-state index in [-0.39, 0.29) is 31.2 Å². The number of carbonyl (C=O) groups is 1. The van der Waals surface area contributed by atoms with Gasteiger partial charge in [0.05, 0.1) is 12.0 Å². The molecule has 4 nitrogen and oxygen atoms in total. The molecule has 1 N–H and O–H groups in total. The summed E-state index contributed by atoms with van der Waals surface area (Å²) in [6, 6.07) is 6.98. The molecule has 0 aliphatic heterocycles. The molecule has 1 saturated carbocycles. The number of pyridine rings is 1. The molecular weight excluding hydrogens is 326 g/mol. The number of nitrogens with zero attached hydrogens (tertiary/aromatic N) is 2. The van der Waals surface area contributed by atoms with Crippen molar-refractivity contribution in [2.45, 2.75) is 31.2 Å². The fourth-order valence-corrected chi connectivity index (χ4v) is 3.39. The van der Waals surface area contributed by atoms with E-state index in [0.717, 1.165) is 18.1 Å². The Bertz CT molecular complexity index is 748. The van der Waals surface area contributed by atoms with Crippen LogP contribution in [-0.4, -0.2) is 34.0 Å². The van der Waals surface area contributed by atoms with Gasteiger partial charge in [-0.3, -0.25) is 9.78 Å². The van der Waals surface area contributed by atoms with Gasteiger partial charge in [-0.25, -0.2) is 8.78 Å². The van der Waals surface area contributed by atoms with Gasteiger partial charge < -0.3 is 10.0 Å². The number of halogens is 2. The van der Waals surface area contributed by atoms with Crippen LogP contribution in [0.2, 0.25) is 0 Å². The van der Waals surface area contributed by atoms with Crippen LogP contribution in [0, 0.1) is 11.6 Å². The summed E-state index contributed by atoms with van der Waals surface area (Å²) < 4.78 is 27.6. The zero-order valence-electron chi connectivity index (χ0n) is 13.8. The third-order valence-electron chi connectivity index (χ3n) is 4.82. The van der Waals surface area contributed by atoms with Crippen LogP contribution in [0.5, 0.6) is 0 Å². The number of aliphatic hydroxyl groups excluding tert-OH is 1. The Morgan fingerprint density at radius 3 is 2.64 bits per heavy atom. The molecule has 1 aliphatic carbocycles. The zero-order chi connectivity index (χ0) is 17.9. The first-order valence-corrected chi connectivity index (χ1v) is 8.31. The van der Waals surface area contributed by atoms with E-state index in [9.17, 15) is 18.7 Å². The first-order chi connectivity index (χ1) is 12.1. The Morgan fingerprint density at radius 1 is 1.28 bits per heavy atom. The van der Waals surface area contributed by atoms with Gasteiger partial charge in [-0.15, -0.1) is 0 Å². The largest absolute Gasteiger partial charge is 0.395 e. The highest BCUT2D eigenvalue weighted by Crippen LogP contribution is 2.46. The second kappa shape index (κ2) is 7.27. The second-order valence-corrected chi connectivity index (χ2v) is 6.37. The van der Waals surface area contributed by atoms with Crippen molar-refractivity contribution in [1.82, 2.24) is 9.88 Å². The van der Waals surface area contributed by atoms with Crippen molar-refractivity contribution in [3.8, 4) is 0 Å². The molecule has 0 atom stereocenters. The lowest BCUT2D eigenvalue weighted by Gasteiger charge is -2.44. The van der Waals surface area contributed by atoms with Crippen LogP contribution in [0.25, 0.3) is 0 Å². The minimum absolute atomic E-state index is 0.151. The number of amides is 1. The Labute approximate surface area is 145 Å². The van der Waals surface area contributed by atoms with E-state index in [0.29, 0.717) is 12.8 Å². The maximum Gasteiger partial charge on any atom is 0.233 e. The molecule has 1 amide bonds. The first-order valence-electron chi connectivity index (χ1n) is 8.31. The lowest BCUT2D eigenvalue weighted by atomic mass is 9.63.